The van der Waals surface area contributed by atoms with Gasteiger partial charge in [0.05, 0.1) is 5.69 Å². The fourth-order valence-electron chi connectivity index (χ4n) is 1.67. The molecule has 2 rings (SSSR count). The molecule has 2 aromatic rings. The Bertz CT molecular complexity index is 474. The summed E-state index contributed by atoms with van der Waals surface area (Å²) in [5, 5.41) is 0.755. The van der Waals surface area contributed by atoms with E-state index in [4.69, 9.17) is 17.3 Å². The third kappa shape index (κ3) is 2.26. The van der Waals surface area contributed by atoms with E-state index in [0.29, 0.717) is 6.54 Å². The van der Waals surface area contributed by atoms with Gasteiger partial charge in [-0.2, -0.15) is 0 Å². The Morgan fingerprint density at radius 2 is 2.00 bits per heavy atom. The number of rotatable bonds is 3. The first-order chi connectivity index (χ1) is 7.70. The average molecular weight is 236 g/mol. The van der Waals surface area contributed by atoms with Crippen LogP contribution in [-0.4, -0.2) is 9.55 Å². The van der Waals surface area contributed by atoms with Crippen molar-refractivity contribution in [3.63, 3.8) is 0 Å². The van der Waals surface area contributed by atoms with Crippen molar-refractivity contribution in [2.75, 3.05) is 0 Å². The standard InChI is InChI=1S/C12H14ClN3/c1-9-15-7-12(6-14)16(9)8-10-2-4-11(13)5-3-10/h2-5,7H,6,8,14H2,1H3. The highest BCUT2D eigenvalue weighted by Gasteiger charge is 2.05. The molecule has 0 aliphatic heterocycles. The van der Waals surface area contributed by atoms with E-state index in [1.807, 2.05) is 37.4 Å². The number of aromatic nitrogens is 2. The van der Waals surface area contributed by atoms with E-state index >= 15 is 0 Å². The van der Waals surface area contributed by atoms with Crippen molar-refractivity contribution in [3.05, 3.63) is 52.6 Å². The Labute approximate surface area is 99.9 Å². The molecule has 0 fully saturated rings. The third-order valence-corrected chi connectivity index (χ3v) is 2.85. The molecule has 0 aliphatic rings. The monoisotopic (exact) mass is 235 g/mol. The second-order valence-corrected chi connectivity index (χ2v) is 4.15. The van der Waals surface area contributed by atoms with Gasteiger partial charge in [-0.1, -0.05) is 23.7 Å². The van der Waals surface area contributed by atoms with E-state index in [1.54, 1.807) is 0 Å². The number of nitrogens with two attached hydrogens (primary N) is 1. The van der Waals surface area contributed by atoms with Gasteiger partial charge in [0.2, 0.25) is 0 Å². The van der Waals surface area contributed by atoms with Crippen LogP contribution in [0.4, 0.5) is 0 Å². The quantitative estimate of drug-likeness (QED) is 0.888. The van der Waals surface area contributed by atoms with Crippen molar-refractivity contribution < 1.29 is 0 Å². The number of benzene rings is 1. The molecule has 0 radical (unpaired) electrons. The number of hydrogen-bond acceptors (Lipinski definition) is 2. The highest BCUT2D eigenvalue weighted by Crippen LogP contribution is 2.13. The molecule has 0 aliphatic carbocycles. The fraction of sp³-hybridized carbons (Fsp3) is 0.250. The number of imidazole rings is 1. The van der Waals surface area contributed by atoms with Crippen molar-refractivity contribution in [3.8, 4) is 0 Å². The number of halogens is 1. The Morgan fingerprint density at radius 3 is 2.62 bits per heavy atom. The molecule has 0 saturated carbocycles. The van der Waals surface area contributed by atoms with Crippen molar-refractivity contribution in [2.45, 2.75) is 20.0 Å². The van der Waals surface area contributed by atoms with Crippen LogP contribution in [0.3, 0.4) is 0 Å². The summed E-state index contributed by atoms with van der Waals surface area (Å²) in [6.07, 6.45) is 1.82. The predicted octanol–water partition coefficient (Wildman–Crippen LogP) is 2.35. The van der Waals surface area contributed by atoms with E-state index in [9.17, 15) is 0 Å². The van der Waals surface area contributed by atoms with E-state index in [-0.39, 0.29) is 0 Å². The summed E-state index contributed by atoms with van der Waals surface area (Å²) in [4.78, 5) is 4.26. The van der Waals surface area contributed by atoms with Crippen LogP contribution in [0.5, 0.6) is 0 Å². The number of hydrogen-bond donors (Lipinski definition) is 1. The molecule has 2 N–H and O–H groups in total. The Morgan fingerprint density at radius 1 is 1.31 bits per heavy atom. The zero-order valence-corrected chi connectivity index (χ0v) is 9.91. The smallest absolute Gasteiger partial charge is 0.106 e. The highest BCUT2D eigenvalue weighted by atomic mass is 35.5. The van der Waals surface area contributed by atoms with E-state index in [2.05, 4.69) is 9.55 Å². The van der Waals surface area contributed by atoms with Crippen molar-refractivity contribution in [1.82, 2.24) is 9.55 Å². The first-order valence-electron chi connectivity index (χ1n) is 5.16. The Hall–Kier alpha value is -1.32. The minimum Gasteiger partial charge on any atom is -0.327 e. The van der Waals surface area contributed by atoms with Gasteiger partial charge in [0.25, 0.3) is 0 Å². The molecular weight excluding hydrogens is 222 g/mol. The van der Waals surface area contributed by atoms with Gasteiger partial charge in [-0.05, 0) is 24.6 Å². The maximum Gasteiger partial charge on any atom is 0.106 e. The molecule has 0 bridgehead atoms. The minimum atomic E-state index is 0.508. The molecule has 0 amide bonds. The van der Waals surface area contributed by atoms with Crippen LogP contribution in [0.25, 0.3) is 0 Å². The normalized spacial score (nSPS) is 10.7. The summed E-state index contributed by atoms with van der Waals surface area (Å²) < 4.78 is 2.11. The van der Waals surface area contributed by atoms with Gasteiger partial charge in [-0.15, -0.1) is 0 Å². The largest absolute Gasteiger partial charge is 0.327 e. The summed E-state index contributed by atoms with van der Waals surface area (Å²) in [6, 6.07) is 7.82. The summed E-state index contributed by atoms with van der Waals surface area (Å²) in [5.74, 6) is 0.982. The highest BCUT2D eigenvalue weighted by molar-refractivity contribution is 6.30. The summed E-state index contributed by atoms with van der Waals surface area (Å²) in [6.45, 7) is 3.28. The van der Waals surface area contributed by atoms with E-state index < -0.39 is 0 Å². The van der Waals surface area contributed by atoms with Crippen LogP contribution in [0.1, 0.15) is 17.1 Å². The van der Waals surface area contributed by atoms with Gasteiger partial charge >= 0.3 is 0 Å². The van der Waals surface area contributed by atoms with Crippen LogP contribution < -0.4 is 5.73 Å². The molecule has 1 heterocycles. The molecule has 0 atom stereocenters. The zero-order valence-electron chi connectivity index (χ0n) is 9.15. The SMILES string of the molecule is Cc1ncc(CN)n1Cc1ccc(Cl)cc1. The van der Waals surface area contributed by atoms with Crippen molar-refractivity contribution in [1.29, 1.82) is 0 Å². The van der Waals surface area contributed by atoms with Crippen LogP contribution in [0.2, 0.25) is 5.02 Å². The average Bonchev–Trinajstić information content (AvgIpc) is 2.63. The van der Waals surface area contributed by atoms with Crippen molar-refractivity contribution in [2.24, 2.45) is 5.73 Å². The maximum atomic E-state index is 5.84. The lowest BCUT2D eigenvalue weighted by molar-refractivity contribution is 0.713. The maximum absolute atomic E-state index is 5.84. The summed E-state index contributed by atoms with van der Waals surface area (Å²) >= 11 is 5.84. The van der Waals surface area contributed by atoms with Crippen LogP contribution in [0, 0.1) is 6.92 Å². The van der Waals surface area contributed by atoms with Crippen molar-refractivity contribution >= 4 is 11.6 Å². The van der Waals surface area contributed by atoms with Gasteiger partial charge in [0, 0.05) is 24.3 Å². The number of aryl methyl sites for hydroxylation is 1. The topological polar surface area (TPSA) is 43.8 Å². The molecule has 84 valence electrons. The number of nitrogens with zero attached hydrogens (tertiary/aromatic N) is 2. The van der Waals surface area contributed by atoms with Gasteiger partial charge < -0.3 is 10.3 Å². The Balaban J connectivity index is 2.26. The molecule has 1 aromatic carbocycles. The molecule has 0 saturated heterocycles. The van der Waals surface area contributed by atoms with E-state index in [0.717, 1.165) is 23.1 Å². The predicted molar refractivity (Wildman–Crippen MR) is 65.4 cm³/mol. The summed E-state index contributed by atoms with van der Waals surface area (Å²) in [7, 11) is 0. The first kappa shape index (κ1) is 11.2. The van der Waals surface area contributed by atoms with Crippen LogP contribution in [0.15, 0.2) is 30.5 Å². The first-order valence-corrected chi connectivity index (χ1v) is 5.54. The lowest BCUT2D eigenvalue weighted by Crippen LogP contribution is -2.09. The molecule has 0 unspecified atom stereocenters. The fourth-order valence-corrected chi connectivity index (χ4v) is 1.79. The Kier molecular flexibility index (Phi) is 3.27. The summed E-state index contributed by atoms with van der Waals surface area (Å²) in [5.41, 5.74) is 7.90. The third-order valence-electron chi connectivity index (χ3n) is 2.60. The molecule has 3 nitrogen and oxygen atoms in total. The second-order valence-electron chi connectivity index (χ2n) is 3.71. The lowest BCUT2D eigenvalue weighted by Gasteiger charge is -2.09. The minimum absolute atomic E-state index is 0.508. The van der Waals surface area contributed by atoms with Gasteiger partial charge in [0.15, 0.2) is 0 Å². The molecule has 16 heavy (non-hydrogen) atoms. The van der Waals surface area contributed by atoms with E-state index in [1.165, 1.54) is 5.56 Å². The second kappa shape index (κ2) is 4.68. The zero-order chi connectivity index (χ0) is 11.5. The van der Waals surface area contributed by atoms with Gasteiger partial charge in [0.1, 0.15) is 5.82 Å². The molecular formula is C12H14ClN3. The van der Waals surface area contributed by atoms with Gasteiger partial charge in [-0.25, -0.2) is 4.98 Å². The molecule has 0 spiro atoms. The molecule has 4 heteroatoms. The van der Waals surface area contributed by atoms with Gasteiger partial charge in [-0.3, -0.25) is 0 Å². The molecule has 1 aromatic heterocycles. The van der Waals surface area contributed by atoms with Crippen LogP contribution in [-0.2, 0) is 13.1 Å². The lowest BCUT2D eigenvalue weighted by atomic mass is 10.2. The van der Waals surface area contributed by atoms with Crippen LogP contribution >= 0.6 is 11.6 Å².